The average Bonchev–Trinajstić information content (AvgIpc) is 2.42. The van der Waals surface area contributed by atoms with Crippen molar-refractivity contribution in [1.82, 2.24) is 0 Å². The maximum absolute atomic E-state index is 6.68. The molecule has 0 aliphatic heterocycles. The molecule has 0 amide bonds. The van der Waals surface area contributed by atoms with Gasteiger partial charge in [0, 0.05) is 17.2 Å². The van der Waals surface area contributed by atoms with E-state index in [1.807, 2.05) is 12.1 Å². The van der Waals surface area contributed by atoms with Crippen molar-refractivity contribution in [1.29, 1.82) is 0 Å². The molecule has 1 fully saturated rings. The third-order valence-corrected chi connectivity index (χ3v) is 4.65. The van der Waals surface area contributed by atoms with Crippen LogP contribution in [0.1, 0.15) is 38.7 Å². The van der Waals surface area contributed by atoms with Gasteiger partial charge in [-0.2, -0.15) is 0 Å². The van der Waals surface area contributed by atoms with Crippen LogP contribution in [-0.2, 0) is 5.54 Å². The molecule has 0 spiro atoms. The Balaban J connectivity index is 2.35. The van der Waals surface area contributed by atoms with Crippen LogP contribution in [0.25, 0.3) is 0 Å². The van der Waals surface area contributed by atoms with Crippen LogP contribution in [0, 0.1) is 11.8 Å². The van der Waals surface area contributed by atoms with Crippen molar-refractivity contribution >= 4 is 0 Å². The number of methoxy groups -OCH3 is 2. The molecule has 1 saturated carbocycles. The molecule has 3 heteroatoms. The second-order valence-corrected chi connectivity index (χ2v) is 5.92. The summed E-state index contributed by atoms with van der Waals surface area (Å²) >= 11 is 0. The minimum atomic E-state index is -0.274. The predicted molar refractivity (Wildman–Crippen MR) is 77.6 cm³/mol. The molecule has 0 heterocycles. The third kappa shape index (κ3) is 2.71. The number of benzene rings is 1. The van der Waals surface area contributed by atoms with E-state index in [4.69, 9.17) is 15.2 Å². The second kappa shape index (κ2) is 5.41. The molecule has 1 aromatic rings. The topological polar surface area (TPSA) is 44.5 Å². The summed E-state index contributed by atoms with van der Waals surface area (Å²) in [6.45, 7) is 4.61. The summed E-state index contributed by atoms with van der Waals surface area (Å²) in [7, 11) is 3.35. The first kappa shape index (κ1) is 14.2. The Labute approximate surface area is 116 Å². The summed E-state index contributed by atoms with van der Waals surface area (Å²) in [4.78, 5) is 0. The Morgan fingerprint density at radius 1 is 1.16 bits per heavy atom. The molecule has 0 aromatic heterocycles. The molecule has 19 heavy (non-hydrogen) atoms. The Bertz CT molecular complexity index is 446. The highest BCUT2D eigenvalue weighted by atomic mass is 16.5. The highest BCUT2D eigenvalue weighted by Gasteiger charge is 2.37. The van der Waals surface area contributed by atoms with Crippen LogP contribution in [0.3, 0.4) is 0 Å². The summed E-state index contributed by atoms with van der Waals surface area (Å²) in [5, 5.41) is 0. The van der Waals surface area contributed by atoms with Gasteiger partial charge in [-0.3, -0.25) is 0 Å². The number of hydrogen-bond acceptors (Lipinski definition) is 3. The predicted octanol–water partition coefficient (Wildman–Crippen LogP) is 3.31. The maximum atomic E-state index is 6.68. The minimum Gasteiger partial charge on any atom is -0.497 e. The van der Waals surface area contributed by atoms with E-state index in [2.05, 4.69) is 19.9 Å². The highest BCUT2D eigenvalue weighted by Crippen LogP contribution is 2.44. The Morgan fingerprint density at radius 2 is 1.89 bits per heavy atom. The van der Waals surface area contributed by atoms with E-state index in [9.17, 15) is 0 Å². The third-order valence-electron chi connectivity index (χ3n) is 4.65. The molecular formula is C16H25NO2. The first-order chi connectivity index (χ1) is 9.00. The zero-order valence-corrected chi connectivity index (χ0v) is 12.4. The fourth-order valence-electron chi connectivity index (χ4n) is 3.10. The summed E-state index contributed by atoms with van der Waals surface area (Å²) in [6.07, 6.45) is 3.20. The van der Waals surface area contributed by atoms with E-state index < -0.39 is 0 Å². The Morgan fingerprint density at radius 3 is 2.47 bits per heavy atom. The van der Waals surface area contributed by atoms with Gasteiger partial charge >= 0.3 is 0 Å². The molecule has 2 N–H and O–H groups in total. The zero-order chi connectivity index (χ0) is 14.0. The van der Waals surface area contributed by atoms with Crippen LogP contribution in [0.2, 0.25) is 0 Å². The van der Waals surface area contributed by atoms with Crippen molar-refractivity contribution in [3.05, 3.63) is 23.8 Å². The largest absolute Gasteiger partial charge is 0.497 e. The zero-order valence-electron chi connectivity index (χ0n) is 12.4. The standard InChI is InChI=1S/C16H25NO2/c1-11-7-8-16(17,10-12(11)2)14-6-5-13(18-3)9-15(14)19-4/h5-6,9,11-12H,7-8,10,17H2,1-4H3. The van der Waals surface area contributed by atoms with Crippen molar-refractivity contribution in [2.24, 2.45) is 17.6 Å². The van der Waals surface area contributed by atoms with Crippen molar-refractivity contribution < 1.29 is 9.47 Å². The van der Waals surface area contributed by atoms with Crippen LogP contribution < -0.4 is 15.2 Å². The van der Waals surface area contributed by atoms with Gasteiger partial charge in [0.25, 0.3) is 0 Å². The quantitative estimate of drug-likeness (QED) is 0.910. The van der Waals surface area contributed by atoms with Gasteiger partial charge in [-0.05, 0) is 43.2 Å². The van der Waals surface area contributed by atoms with Crippen molar-refractivity contribution in [3.8, 4) is 11.5 Å². The van der Waals surface area contributed by atoms with Gasteiger partial charge < -0.3 is 15.2 Å². The molecule has 3 unspecified atom stereocenters. The van der Waals surface area contributed by atoms with Gasteiger partial charge in [0.05, 0.1) is 14.2 Å². The molecule has 0 bridgehead atoms. The van der Waals surface area contributed by atoms with Crippen molar-refractivity contribution in [2.45, 2.75) is 38.6 Å². The second-order valence-electron chi connectivity index (χ2n) is 5.92. The monoisotopic (exact) mass is 263 g/mol. The summed E-state index contributed by atoms with van der Waals surface area (Å²) < 4.78 is 10.8. The first-order valence-electron chi connectivity index (χ1n) is 7.01. The van der Waals surface area contributed by atoms with Gasteiger partial charge in [-0.1, -0.05) is 13.8 Å². The average molecular weight is 263 g/mol. The highest BCUT2D eigenvalue weighted by molar-refractivity contribution is 5.45. The van der Waals surface area contributed by atoms with Crippen molar-refractivity contribution in [3.63, 3.8) is 0 Å². The van der Waals surface area contributed by atoms with Crippen molar-refractivity contribution in [2.75, 3.05) is 14.2 Å². The van der Waals surface area contributed by atoms with E-state index in [1.165, 1.54) is 6.42 Å². The summed E-state index contributed by atoms with van der Waals surface area (Å²) in [5.41, 5.74) is 7.51. The SMILES string of the molecule is COc1ccc(C2(N)CCC(C)C(C)C2)c(OC)c1. The molecule has 1 aliphatic rings. The lowest BCUT2D eigenvalue weighted by molar-refractivity contribution is 0.173. The molecule has 3 nitrogen and oxygen atoms in total. The van der Waals surface area contributed by atoms with Gasteiger partial charge in [-0.15, -0.1) is 0 Å². The van der Waals surface area contributed by atoms with Gasteiger partial charge in [0.1, 0.15) is 11.5 Å². The van der Waals surface area contributed by atoms with E-state index in [1.54, 1.807) is 14.2 Å². The van der Waals surface area contributed by atoms with Crippen LogP contribution >= 0.6 is 0 Å². The van der Waals surface area contributed by atoms with E-state index >= 15 is 0 Å². The van der Waals surface area contributed by atoms with Crippen LogP contribution in [0.5, 0.6) is 11.5 Å². The molecule has 0 saturated heterocycles. The fourth-order valence-corrected chi connectivity index (χ4v) is 3.10. The van der Waals surface area contributed by atoms with E-state index in [-0.39, 0.29) is 5.54 Å². The van der Waals surface area contributed by atoms with Crippen LogP contribution in [-0.4, -0.2) is 14.2 Å². The normalized spacial score (nSPS) is 31.0. The number of ether oxygens (including phenoxy) is 2. The van der Waals surface area contributed by atoms with Crippen LogP contribution in [0.15, 0.2) is 18.2 Å². The summed E-state index contributed by atoms with van der Waals surface area (Å²) in [5.74, 6) is 3.04. The maximum Gasteiger partial charge on any atom is 0.127 e. The Kier molecular flexibility index (Phi) is 4.04. The summed E-state index contributed by atoms with van der Waals surface area (Å²) in [6, 6.07) is 5.95. The lowest BCUT2D eigenvalue weighted by Gasteiger charge is -2.41. The van der Waals surface area contributed by atoms with E-state index in [0.29, 0.717) is 5.92 Å². The molecule has 1 aromatic carbocycles. The smallest absolute Gasteiger partial charge is 0.127 e. The molecule has 0 radical (unpaired) electrons. The Hall–Kier alpha value is -1.22. The number of rotatable bonds is 3. The molecule has 1 aliphatic carbocycles. The number of hydrogen-bond donors (Lipinski definition) is 1. The fraction of sp³-hybridized carbons (Fsp3) is 0.625. The molecular weight excluding hydrogens is 238 g/mol. The molecule has 2 rings (SSSR count). The lowest BCUT2D eigenvalue weighted by atomic mass is 9.69. The lowest BCUT2D eigenvalue weighted by Crippen LogP contribution is -2.43. The van der Waals surface area contributed by atoms with Gasteiger partial charge in [0.15, 0.2) is 0 Å². The van der Waals surface area contributed by atoms with Gasteiger partial charge in [-0.25, -0.2) is 0 Å². The number of nitrogens with two attached hydrogens (primary N) is 1. The van der Waals surface area contributed by atoms with E-state index in [0.717, 1.165) is 35.8 Å². The first-order valence-corrected chi connectivity index (χ1v) is 7.01. The van der Waals surface area contributed by atoms with Crippen LogP contribution in [0.4, 0.5) is 0 Å². The molecule has 3 atom stereocenters. The molecule has 106 valence electrons. The van der Waals surface area contributed by atoms with Gasteiger partial charge in [0.2, 0.25) is 0 Å². The minimum absolute atomic E-state index is 0.274.